The first-order valence-electron chi connectivity index (χ1n) is 8.73. The van der Waals surface area contributed by atoms with E-state index in [9.17, 15) is 22.8 Å². The van der Waals surface area contributed by atoms with Crippen LogP contribution in [0.5, 0.6) is 5.75 Å². The van der Waals surface area contributed by atoms with Gasteiger partial charge in [-0.15, -0.1) is 13.2 Å². The van der Waals surface area contributed by atoms with Crippen molar-refractivity contribution in [1.82, 2.24) is 9.55 Å². The number of rotatable bonds is 6. The molecule has 3 aromatic rings. The van der Waals surface area contributed by atoms with E-state index in [-0.39, 0.29) is 30.7 Å². The van der Waals surface area contributed by atoms with Crippen molar-refractivity contribution < 1.29 is 27.8 Å². The molecule has 0 unspecified atom stereocenters. The molecule has 0 aliphatic rings. The van der Waals surface area contributed by atoms with E-state index in [1.165, 1.54) is 28.8 Å². The minimum absolute atomic E-state index is 0.0737. The third kappa shape index (κ3) is 4.92. The SMILES string of the molecule is Cc1nc2ccc(-c3ccc(OC(F)(F)F)cc3)cc2n(CCCC(=O)O)c1=O. The van der Waals surface area contributed by atoms with Crippen LogP contribution in [0, 0.1) is 6.92 Å². The molecule has 0 atom stereocenters. The van der Waals surface area contributed by atoms with Gasteiger partial charge in [0.05, 0.1) is 11.0 Å². The van der Waals surface area contributed by atoms with Crippen molar-refractivity contribution in [3.63, 3.8) is 0 Å². The van der Waals surface area contributed by atoms with Gasteiger partial charge in [0, 0.05) is 13.0 Å². The number of ether oxygens (including phenoxy) is 1. The van der Waals surface area contributed by atoms with E-state index in [2.05, 4.69) is 9.72 Å². The van der Waals surface area contributed by atoms with E-state index in [4.69, 9.17) is 5.11 Å². The molecule has 0 amide bonds. The Labute approximate surface area is 163 Å². The van der Waals surface area contributed by atoms with Crippen LogP contribution in [0.4, 0.5) is 13.2 Å². The molecule has 1 aromatic heterocycles. The number of nitrogens with zero attached hydrogens (tertiary/aromatic N) is 2. The fraction of sp³-hybridized carbons (Fsp3) is 0.250. The van der Waals surface area contributed by atoms with Crippen molar-refractivity contribution in [2.24, 2.45) is 0 Å². The van der Waals surface area contributed by atoms with Crippen LogP contribution in [-0.2, 0) is 11.3 Å². The van der Waals surface area contributed by atoms with Crippen LogP contribution in [0.2, 0.25) is 0 Å². The van der Waals surface area contributed by atoms with E-state index in [0.717, 1.165) is 0 Å². The normalized spacial score (nSPS) is 11.6. The monoisotopic (exact) mass is 406 g/mol. The number of carboxylic acids is 1. The first-order chi connectivity index (χ1) is 13.6. The maximum Gasteiger partial charge on any atom is 0.573 e. The zero-order valence-electron chi connectivity index (χ0n) is 15.4. The Balaban J connectivity index is 1.99. The molecule has 29 heavy (non-hydrogen) atoms. The Hall–Kier alpha value is -3.36. The number of aryl methyl sites for hydroxylation is 2. The number of alkyl halides is 3. The lowest BCUT2D eigenvalue weighted by Crippen LogP contribution is -2.24. The van der Waals surface area contributed by atoms with Crippen LogP contribution < -0.4 is 10.3 Å². The van der Waals surface area contributed by atoms with Crippen molar-refractivity contribution in [1.29, 1.82) is 0 Å². The maximum atomic E-state index is 12.5. The van der Waals surface area contributed by atoms with Gasteiger partial charge in [0.15, 0.2) is 0 Å². The smallest absolute Gasteiger partial charge is 0.481 e. The van der Waals surface area contributed by atoms with Gasteiger partial charge < -0.3 is 14.4 Å². The summed E-state index contributed by atoms with van der Waals surface area (Å²) in [5, 5.41) is 8.83. The van der Waals surface area contributed by atoms with Gasteiger partial charge in [-0.05, 0) is 48.7 Å². The summed E-state index contributed by atoms with van der Waals surface area (Å²) < 4.78 is 42.3. The molecule has 1 N–H and O–H groups in total. The summed E-state index contributed by atoms with van der Waals surface area (Å²) in [6.07, 6.45) is -4.56. The number of fused-ring (bicyclic) bond motifs is 1. The molecule has 0 bridgehead atoms. The fourth-order valence-corrected chi connectivity index (χ4v) is 3.01. The fourth-order valence-electron chi connectivity index (χ4n) is 3.01. The Kier molecular flexibility index (Phi) is 5.58. The average Bonchev–Trinajstić information content (AvgIpc) is 2.64. The molecular weight excluding hydrogens is 389 g/mol. The van der Waals surface area contributed by atoms with Crippen LogP contribution in [-0.4, -0.2) is 27.0 Å². The first kappa shape index (κ1) is 20.4. The summed E-state index contributed by atoms with van der Waals surface area (Å²) in [5.74, 6) is -1.28. The van der Waals surface area contributed by atoms with Crippen LogP contribution in [0.15, 0.2) is 47.3 Å². The van der Waals surface area contributed by atoms with E-state index in [0.29, 0.717) is 27.9 Å². The highest BCUT2D eigenvalue weighted by molar-refractivity contribution is 5.82. The first-order valence-corrected chi connectivity index (χ1v) is 8.73. The zero-order chi connectivity index (χ0) is 21.2. The summed E-state index contributed by atoms with van der Waals surface area (Å²) in [5.41, 5.74) is 2.39. The Morgan fingerprint density at radius 2 is 1.79 bits per heavy atom. The Morgan fingerprint density at radius 1 is 1.14 bits per heavy atom. The second kappa shape index (κ2) is 7.94. The summed E-state index contributed by atoms with van der Waals surface area (Å²) in [6, 6.07) is 10.6. The van der Waals surface area contributed by atoms with E-state index >= 15 is 0 Å². The molecule has 0 aliphatic carbocycles. The standard InChI is InChI=1S/C20H17F3N2O4/c1-12-19(28)25(10-2-3-18(26)27)17-11-14(6-9-16(17)24-12)13-4-7-15(8-5-13)29-20(21,22)23/h4-9,11H,2-3,10H2,1H3,(H,26,27). The number of carbonyl (C=O) groups is 1. The van der Waals surface area contributed by atoms with Crippen LogP contribution in [0.25, 0.3) is 22.2 Å². The quantitative estimate of drug-likeness (QED) is 0.666. The highest BCUT2D eigenvalue weighted by Crippen LogP contribution is 2.28. The molecular formula is C20H17F3N2O4. The molecule has 0 saturated heterocycles. The molecule has 2 aromatic carbocycles. The summed E-state index contributed by atoms with van der Waals surface area (Å²) in [6.45, 7) is 1.80. The minimum atomic E-state index is -4.76. The number of benzene rings is 2. The van der Waals surface area contributed by atoms with Crippen LogP contribution >= 0.6 is 0 Å². The third-order valence-corrected chi connectivity index (χ3v) is 4.30. The Morgan fingerprint density at radius 3 is 2.41 bits per heavy atom. The molecule has 0 spiro atoms. The minimum Gasteiger partial charge on any atom is -0.481 e. The van der Waals surface area contributed by atoms with Crippen LogP contribution in [0.3, 0.4) is 0 Å². The number of halogens is 3. The van der Waals surface area contributed by atoms with Crippen molar-refractivity contribution in [2.75, 3.05) is 0 Å². The maximum absolute atomic E-state index is 12.5. The molecule has 6 nitrogen and oxygen atoms in total. The number of hydrogen-bond donors (Lipinski definition) is 1. The lowest BCUT2D eigenvalue weighted by Gasteiger charge is -2.13. The lowest BCUT2D eigenvalue weighted by atomic mass is 10.0. The summed E-state index contributed by atoms with van der Waals surface area (Å²) >= 11 is 0. The van der Waals surface area contributed by atoms with Crippen LogP contribution in [0.1, 0.15) is 18.5 Å². The van der Waals surface area contributed by atoms with Gasteiger partial charge in [0.1, 0.15) is 11.4 Å². The van der Waals surface area contributed by atoms with Gasteiger partial charge in [-0.3, -0.25) is 9.59 Å². The molecule has 152 valence electrons. The molecule has 0 aliphatic heterocycles. The number of carboxylic acid groups (broad SMARTS) is 1. The van der Waals surface area contributed by atoms with Gasteiger partial charge >= 0.3 is 12.3 Å². The molecule has 0 saturated carbocycles. The summed E-state index contributed by atoms with van der Waals surface area (Å²) in [4.78, 5) is 27.6. The highest BCUT2D eigenvalue weighted by Gasteiger charge is 2.30. The van der Waals surface area contributed by atoms with Gasteiger partial charge in [-0.25, -0.2) is 4.98 Å². The van der Waals surface area contributed by atoms with E-state index < -0.39 is 12.3 Å². The number of hydrogen-bond acceptors (Lipinski definition) is 4. The number of aliphatic carboxylic acids is 1. The van der Waals surface area contributed by atoms with Gasteiger partial charge in [0.2, 0.25) is 0 Å². The molecule has 9 heteroatoms. The lowest BCUT2D eigenvalue weighted by molar-refractivity contribution is -0.274. The Bertz CT molecular complexity index is 1110. The predicted octanol–water partition coefficient (Wildman–Crippen LogP) is 4.14. The molecule has 1 heterocycles. The zero-order valence-corrected chi connectivity index (χ0v) is 15.4. The topological polar surface area (TPSA) is 81.4 Å². The summed E-state index contributed by atoms with van der Waals surface area (Å²) in [7, 11) is 0. The van der Waals surface area contributed by atoms with E-state index in [1.807, 2.05) is 0 Å². The predicted molar refractivity (Wildman–Crippen MR) is 99.7 cm³/mol. The second-order valence-corrected chi connectivity index (χ2v) is 6.43. The van der Waals surface area contributed by atoms with Gasteiger partial charge in [0.25, 0.3) is 5.56 Å². The highest BCUT2D eigenvalue weighted by atomic mass is 19.4. The van der Waals surface area contributed by atoms with Gasteiger partial charge in [-0.1, -0.05) is 18.2 Å². The van der Waals surface area contributed by atoms with Crippen molar-refractivity contribution in [2.45, 2.75) is 32.7 Å². The molecule has 0 radical (unpaired) electrons. The van der Waals surface area contributed by atoms with Crippen molar-refractivity contribution in [3.05, 3.63) is 58.5 Å². The molecule has 3 rings (SSSR count). The second-order valence-electron chi connectivity index (χ2n) is 6.43. The number of aromatic nitrogens is 2. The van der Waals surface area contributed by atoms with E-state index in [1.54, 1.807) is 25.1 Å². The third-order valence-electron chi connectivity index (χ3n) is 4.30. The van der Waals surface area contributed by atoms with Crippen molar-refractivity contribution >= 4 is 17.0 Å². The van der Waals surface area contributed by atoms with Gasteiger partial charge in [-0.2, -0.15) is 0 Å². The average molecular weight is 406 g/mol. The molecule has 0 fully saturated rings. The van der Waals surface area contributed by atoms with Crippen molar-refractivity contribution in [3.8, 4) is 16.9 Å². The largest absolute Gasteiger partial charge is 0.573 e.